The van der Waals surface area contributed by atoms with Crippen molar-refractivity contribution in [3.8, 4) is 0 Å². The van der Waals surface area contributed by atoms with Gasteiger partial charge in [-0.15, -0.1) is 0 Å². The molecule has 2 fully saturated rings. The highest BCUT2D eigenvalue weighted by molar-refractivity contribution is 5.90. The Labute approximate surface area is 179 Å². The fraction of sp³-hybridized carbons (Fsp3) is 0.348. The number of hydrogen-bond donors (Lipinski definition) is 1. The van der Waals surface area contributed by atoms with E-state index in [0.29, 0.717) is 29.9 Å². The van der Waals surface area contributed by atoms with E-state index in [4.69, 9.17) is 4.74 Å². The van der Waals surface area contributed by atoms with Crippen LogP contribution in [0.2, 0.25) is 0 Å². The number of carbonyl (C=O) groups excluding carboxylic acids is 3. The number of nitrogens with zero attached hydrogens (tertiary/aromatic N) is 2. The molecule has 8 heteroatoms. The predicted molar refractivity (Wildman–Crippen MR) is 112 cm³/mol. The Morgan fingerprint density at radius 2 is 1.84 bits per heavy atom. The van der Waals surface area contributed by atoms with Crippen molar-refractivity contribution in [1.29, 1.82) is 0 Å². The molecular weight excluding hydrogens is 401 g/mol. The van der Waals surface area contributed by atoms with E-state index in [2.05, 4.69) is 5.32 Å². The summed E-state index contributed by atoms with van der Waals surface area (Å²) in [5.41, 5.74) is 1.85. The summed E-state index contributed by atoms with van der Waals surface area (Å²) in [6, 6.07) is 12.0. The molecule has 4 rings (SSSR count). The standard InChI is InChI=1S/C23H24FN3O4/c1-15(28)25-19-9-7-17(8-10-19)21-20(22(29)26-11-2-3-12-26)27(23(30)31-21)14-16-5-4-6-18(24)13-16/h4-10,13,20-21H,2-3,11-12,14H2,1H3,(H,25,28). The van der Waals surface area contributed by atoms with Crippen LogP contribution in [0.1, 0.15) is 37.0 Å². The van der Waals surface area contributed by atoms with Gasteiger partial charge in [-0.3, -0.25) is 14.5 Å². The van der Waals surface area contributed by atoms with Crippen LogP contribution in [0.5, 0.6) is 0 Å². The van der Waals surface area contributed by atoms with Crippen molar-refractivity contribution in [2.24, 2.45) is 0 Å². The summed E-state index contributed by atoms with van der Waals surface area (Å²) in [5, 5.41) is 2.69. The van der Waals surface area contributed by atoms with Crippen molar-refractivity contribution < 1.29 is 23.5 Å². The molecule has 31 heavy (non-hydrogen) atoms. The fourth-order valence-corrected chi connectivity index (χ4v) is 4.11. The molecule has 0 bridgehead atoms. The summed E-state index contributed by atoms with van der Waals surface area (Å²) in [6.07, 6.45) is 0.443. The van der Waals surface area contributed by atoms with Crippen molar-refractivity contribution >= 4 is 23.6 Å². The number of benzene rings is 2. The van der Waals surface area contributed by atoms with Gasteiger partial charge in [0, 0.05) is 25.7 Å². The number of hydrogen-bond acceptors (Lipinski definition) is 4. The number of cyclic esters (lactones) is 1. The van der Waals surface area contributed by atoms with E-state index in [1.807, 2.05) is 0 Å². The van der Waals surface area contributed by atoms with E-state index < -0.39 is 24.1 Å². The number of nitrogens with one attached hydrogen (secondary N) is 1. The van der Waals surface area contributed by atoms with E-state index in [0.717, 1.165) is 12.8 Å². The molecular formula is C23H24FN3O4. The first-order valence-corrected chi connectivity index (χ1v) is 10.3. The van der Waals surface area contributed by atoms with E-state index in [1.165, 1.54) is 24.0 Å². The van der Waals surface area contributed by atoms with Gasteiger partial charge in [-0.1, -0.05) is 24.3 Å². The third-order valence-corrected chi connectivity index (χ3v) is 5.56. The third kappa shape index (κ3) is 4.52. The number of halogens is 1. The Bertz CT molecular complexity index is 989. The van der Waals surface area contributed by atoms with Crippen LogP contribution in [0.4, 0.5) is 14.9 Å². The third-order valence-electron chi connectivity index (χ3n) is 5.56. The summed E-state index contributed by atoms with van der Waals surface area (Å²) in [4.78, 5) is 40.5. The van der Waals surface area contributed by atoms with Crippen LogP contribution in [0, 0.1) is 5.82 Å². The Morgan fingerprint density at radius 1 is 1.13 bits per heavy atom. The molecule has 2 aliphatic heterocycles. The van der Waals surface area contributed by atoms with Gasteiger partial charge in [0.15, 0.2) is 12.1 Å². The molecule has 0 spiro atoms. The highest BCUT2D eigenvalue weighted by atomic mass is 19.1. The molecule has 2 heterocycles. The molecule has 2 unspecified atom stereocenters. The van der Waals surface area contributed by atoms with Gasteiger partial charge >= 0.3 is 6.09 Å². The average Bonchev–Trinajstić information content (AvgIpc) is 3.37. The maximum atomic E-state index is 13.7. The monoisotopic (exact) mass is 425 g/mol. The number of anilines is 1. The molecule has 2 aromatic carbocycles. The van der Waals surface area contributed by atoms with Crippen LogP contribution in [-0.4, -0.2) is 46.8 Å². The van der Waals surface area contributed by atoms with Gasteiger partial charge in [-0.05, 0) is 48.2 Å². The van der Waals surface area contributed by atoms with Gasteiger partial charge in [-0.25, -0.2) is 9.18 Å². The molecule has 3 amide bonds. The van der Waals surface area contributed by atoms with Gasteiger partial charge in [0.05, 0.1) is 6.54 Å². The van der Waals surface area contributed by atoms with E-state index in [1.54, 1.807) is 41.3 Å². The lowest BCUT2D eigenvalue weighted by Crippen LogP contribution is -2.47. The zero-order valence-electron chi connectivity index (χ0n) is 17.2. The van der Waals surface area contributed by atoms with Crippen LogP contribution in [0.15, 0.2) is 48.5 Å². The summed E-state index contributed by atoms with van der Waals surface area (Å²) in [5.74, 6) is -0.767. The van der Waals surface area contributed by atoms with Crippen LogP contribution < -0.4 is 5.32 Å². The Balaban J connectivity index is 1.64. The second kappa shape index (κ2) is 8.75. The van der Waals surface area contributed by atoms with Gasteiger partial charge in [0.2, 0.25) is 11.8 Å². The van der Waals surface area contributed by atoms with E-state index >= 15 is 0 Å². The molecule has 1 N–H and O–H groups in total. The molecule has 0 aromatic heterocycles. The second-order valence-corrected chi connectivity index (χ2v) is 7.84. The first-order valence-electron chi connectivity index (χ1n) is 10.3. The van der Waals surface area contributed by atoms with Crippen LogP contribution in [0.3, 0.4) is 0 Å². The summed E-state index contributed by atoms with van der Waals surface area (Å²) < 4.78 is 19.3. The largest absolute Gasteiger partial charge is 0.438 e. The normalized spacial score (nSPS) is 20.6. The molecule has 7 nitrogen and oxygen atoms in total. The molecule has 2 atom stereocenters. The lowest BCUT2D eigenvalue weighted by Gasteiger charge is -2.28. The molecule has 0 saturated carbocycles. The summed E-state index contributed by atoms with van der Waals surface area (Å²) in [6.45, 7) is 2.78. The quantitative estimate of drug-likeness (QED) is 0.796. The molecule has 162 valence electrons. The number of rotatable bonds is 5. The van der Waals surface area contributed by atoms with Crippen LogP contribution in [-0.2, 0) is 20.9 Å². The Morgan fingerprint density at radius 3 is 2.48 bits per heavy atom. The molecule has 2 saturated heterocycles. The van der Waals surface area contributed by atoms with E-state index in [9.17, 15) is 18.8 Å². The average molecular weight is 425 g/mol. The number of carbonyl (C=O) groups is 3. The fourth-order valence-electron chi connectivity index (χ4n) is 4.11. The predicted octanol–water partition coefficient (Wildman–Crippen LogP) is 3.47. The second-order valence-electron chi connectivity index (χ2n) is 7.84. The first-order chi connectivity index (χ1) is 14.9. The first kappa shape index (κ1) is 20.8. The smallest absolute Gasteiger partial charge is 0.411 e. The number of amides is 3. The minimum absolute atomic E-state index is 0.0707. The minimum atomic E-state index is -0.847. The van der Waals surface area contributed by atoms with Gasteiger partial charge in [-0.2, -0.15) is 0 Å². The molecule has 0 aliphatic carbocycles. The van der Waals surface area contributed by atoms with Gasteiger partial charge in [0.25, 0.3) is 0 Å². The van der Waals surface area contributed by atoms with Crippen molar-refractivity contribution in [3.63, 3.8) is 0 Å². The highest BCUT2D eigenvalue weighted by Crippen LogP contribution is 2.36. The van der Waals surface area contributed by atoms with Crippen molar-refractivity contribution in [2.75, 3.05) is 18.4 Å². The summed E-state index contributed by atoms with van der Waals surface area (Å²) in [7, 11) is 0. The Kier molecular flexibility index (Phi) is 5.88. The lowest BCUT2D eigenvalue weighted by molar-refractivity contribution is -0.135. The minimum Gasteiger partial charge on any atom is -0.438 e. The molecule has 0 radical (unpaired) electrons. The van der Waals surface area contributed by atoms with Crippen LogP contribution >= 0.6 is 0 Å². The lowest BCUT2D eigenvalue weighted by atomic mass is 10.00. The van der Waals surface area contributed by atoms with Crippen molar-refractivity contribution in [2.45, 2.75) is 38.5 Å². The number of likely N-dealkylation sites (tertiary alicyclic amines) is 1. The highest BCUT2D eigenvalue weighted by Gasteiger charge is 2.48. The SMILES string of the molecule is CC(=O)Nc1ccc(C2OC(=O)N(Cc3cccc(F)c3)C2C(=O)N2CCCC2)cc1. The van der Waals surface area contributed by atoms with Gasteiger partial charge < -0.3 is 15.0 Å². The van der Waals surface area contributed by atoms with E-state index in [-0.39, 0.29) is 18.4 Å². The molecule has 2 aromatic rings. The topological polar surface area (TPSA) is 79.0 Å². The maximum Gasteiger partial charge on any atom is 0.411 e. The maximum absolute atomic E-state index is 13.7. The van der Waals surface area contributed by atoms with Crippen molar-refractivity contribution in [3.05, 3.63) is 65.5 Å². The number of ether oxygens (including phenoxy) is 1. The van der Waals surface area contributed by atoms with Crippen molar-refractivity contribution in [1.82, 2.24) is 9.80 Å². The zero-order valence-corrected chi connectivity index (χ0v) is 17.2. The van der Waals surface area contributed by atoms with Gasteiger partial charge in [0.1, 0.15) is 5.82 Å². The summed E-state index contributed by atoms with van der Waals surface area (Å²) >= 11 is 0. The van der Waals surface area contributed by atoms with Crippen LogP contribution in [0.25, 0.3) is 0 Å². The molecule has 2 aliphatic rings. The zero-order chi connectivity index (χ0) is 22.0. The Hall–Kier alpha value is -3.42.